The maximum Gasteiger partial charge on any atom is 0.248 e. The van der Waals surface area contributed by atoms with Gasteiger partial charge in [0.2, 0.25) is 17.7 Å². The largest absolute Gasteiger partial charge is 0.416 e. The second-order valence-corrected chi connectivity index (χ2v) is 8.46. The second-order valence-electron chi connectivity index (χ2n) is 6.63. The number of carbonyl (C=O) groups is 1. The minimum Gasteiger partial charge on any atom is -0.416 e. The molecule has 156 valence electrons. The number of aromatic nitrogens is 2. The lowest BCUT2D eigenvalue weighted by atomic mass is 10.2. The third-order valence-electron chi connectivity index (χ3n) is 4.37. The predicted octanol–water partition coefficient (Wildman–Crippen LogP) is 6.58. The van der Waals surface area contributed by atoms with Crippen LogP contribution in [0.2, 0.25) is 10.0 Å². The maximum absolute atomic E-state index is 12.2. The molecule has 31 heavy (non-hydrogen) atoms. The predicted molar refractivity (Wildman–Crippen MR) is 126 cm³/mol. The summed E-state index contributed by atoms with van der Waals surface area (Å²) in [6, 6.07) is 22.2. The Kier molecular flexibility index (Phi) is 6.92. The molecular weight excluding hydrogens is 453 g/mol. The zero-order valence-corrected chi connectivity index (χ0v) is 18.5. The van der Waals surface area contributed by atoms with Crippen LogP contribution in [0, 0.1) is 0 Å². The van der Waals surface area contributed by atoms with Crippen molar-refractivity contribution >= 4 is 46.6 Å². The van der Waals surface area contributed by atoms with Crippen LogP contribution in [0.5, 0.6) is 0 Å². The smallest absolute Gasteiger partial charge is 0.248 e. The number of anilines is 1. The molecule has 5 nitrogen and oxygen atoms in total. The fourth-order valence-electron chi connectivity index (χ4n) is 2.82. The van der Waals surface area contributed by atoms with Gasteiger partial charge in [0.15, 0.2) is 0 Å². The van der Waals surface area contributed by atoms with E-state index in [1.165, 1.54) is 11.8 Å². The van der Waals surface area contributed by atoms with Crippen LogP contribution in [-0.4, -0.2) is 21.9 Å². The Morgan fingerprint density at radius 1 is 0.903 bits per heavy atom. The Morgan fingerprint density at radius 3 is 2.26 bits per heavy atom. The van der Waals surface area contributed by atoms with Crippen molar-refractivity contribution < 1.29 is 9.21 Å². The first kappa shape index (κ1) is 21.4. The Hall–Kier alpha value is -2.80. The molecule has 0 saturated heterocycles. The fraction of sp³-hybridized carbons (Fsp3) is 0.0870. The van der Waals surface area contributed by atoms with Crippen LogP contribution in [-0.2, 0) is 10.5 Å². The lowest BCUT2D eigenvalue weighted by molar-refractivity contribution is -0.113. The second kappa shape index (κ2) is 10.0. The van der Waals surface area contributed by atoms with Crippen molar-refractivity contribution in [2.24, 2.45) is 0 Å². The zero-order chi connectivity index (χ0) is 21.6. The first-order chi connectivity index (χ1) is 15.1. The topological polar surface area (TPSA) is 68.0 Å². The molecular formula is C23H17Cl2N3O2S. The van der Waals surface area contributed by atoms with Gasteiger partial charge in [-0.05, 0) is 54.1 Å². The summed E-state index contributed by atoms with van der Waals surface area (Å²) in [6.07, 6.45) is 0. The first-order valence-corrected chi connectivity index (χ1v) is 11.3. The molecule has 0 bridgehead atoms. The molecule has 8 heteroatoms. The number of hydrogen-bond acceptors (Lipinski definition) is 5. The van der Waals surface area contributed by atoms with Crippen LogP contribution in [0.3, 0.4) is 0 Å². The van der Waals surface area contributed by atoms with E-state index >= 15 is 0 Å². The molecule has 1 N–H and O–H groups in total. The van der Waals surface area contributed by atoms with Crippen molar-refractivity contribution in [1.82, 2.24) is 10.2 Å². The summed E-state index contributed by atoms with van der Waals surface area (Å²) in [5, 5.41) is 12.3. The number of hydrogen-bond donors (Lipinski definition) is 1. The lowest BCUT2D eigenvalue weighted by Gasteiger charge is -2.07. The average Bonchev–Trinajstić information content (AvgIpc) is 3.27. The van der Waals surface area contributed by atoms with E-state index in [9.17, 15) is 4.79 Å². The van der Waals surface area contributed by atoms with Gasteiger partial charge in [-0.3, -0.25) is 4.79 Å². The number of nitrogens with zero attached hydrogens (tertiary/aromatic N) is 2. The number of thioether (sulfide) groups is 1. The first-order valence-electron chi connectivity index (χ1n) is 9.39. The van der Waals surface area contributed by atoms with Crippen LogP contribution in [0.4, 0.5) is 5.69 Å². The number of rotatable bonds is 7. The highest BCUT2D eigenvalue weighted by Gasteiger charge is 2.11. The molecule has 0 aliphatic heterocycles. The van der Waals surface area contributed by atoms with Gasteiger partial charge in [-0.2, -0.15) is 0 Å². The molecule has 4 aromatic rings. The van der Waals surface area contributed by atoms with Crippen molar-refractivity contribution in [3.05, 3.63) is 88.4 Å². The van der Waals surface area contributed by atoms with E-state index < -0.39 is 0 Å². The van der Waals surface area contributed by atoms with Crippen molar-refractivity contribution in [1.29, 1.82) is 0 Å². The molecule has 4 rings (SSSR count). The van der Waals surface area contributed by atoms with Crippen LogP contribution >= 0.6 is 35.0 Å². The highest BCUT2D eigenvalue weighted by atomic mass is 35.5. The molecule has 1 heterocycles. The minimum atomic E-state index is -0.0907. The average molecular weight is 470 g/mol. The van der Waals surface area contributed by atoms with Gasteiger partial charge in [0, 0.05) is 32.6 Å². The van der Waals surface area contributed by atoms with Gasteiger partial charge < -0.3 is 9.73 Å². The molecule has 0 saturated carbocycles. The van der Waals surface area contributed by atoms with Gasteiger partial charge in [-0.25, -0.2) is 0 Å². The Balaban J connectivity index is 1.31. The number of amides is 1. The van der Waals surface area contributed by atoms with Gasteiger partial charge in [0.1, 0.15) is 0 Å². The number of nitrogens with one attached hydrogen (secondary N) is 1. The molecule has 0 fully saturated rings. The molecule has 0 unspecified atom stereocenters. The summed E-state index contributed by atoms with van der Waals surface area (Å²) >= 11 is 13.5. The quantitative estimate of drug-likeness (QED) is 0.330. The van der Waals surface area contributed by atoms with Gasteiger partial charge in [0.25, 0.3) is 0 Å². The summed E-state index contributed by atoms with van der Waals surface area (Å²) in [5.41, 5.74) is 3.28. The molecule has 0 atom stereocenters. The summed E-state index contributed by atoms with van der Waals surface area (Å²) < 4.78 is 5.76. The highest BCUT2D eigenvalue weighted by Crippen LogP contribution is 2.26. The molecule has 0 spiro atoms. The van der Waals surface area contributed by atoms with E-state index in [0.717, 1.165) is 16.7 Å². The standard InChI is InChI=1S/C23H17Cl2N3O2S/c24-18-9-6-17(20(25)12-18)13-31-14-21(29)26-19-10-7-16(8-11-19)23-28-27-22(30-23)15-4-2-1-3-5-15/h1-12H,13-14H2,(H,26,29). The van der Waals surface area contributed by atoms with Crippen LogP contribution < -0.4 is 5.32 Å². The highest BCUT2D eigenvalue weighted by molar-refractivity contribution is 7.99. The monoisotopic (exact) mass is 469 g/mol. The number of benzene rings is 3. The normalized spacial score (nSPS) is 10.8. The lowest BCUT2D eigenvalue weighted by Crippen LogP contribution is -2.14. The Labute approximate surface area is 193 Å². The minimum absolute atomic E-state index is 0.0907. The van der Waals surface area contributed by atoms with Gasteiger partial charge in [0.05, 0.1) is 5.75 Å². The summed E-state index contributed by atoms with van der Waals surface area (Å²) in [4.78, 5) is 12.2. The van der Waals surface area contributed by atoms with E-state index in [0.29, 0.717) is 39.0 Å². The van der Waals surface area contributed by atoms with Crippen molar-refractivity contribution in [2.75, 3.05) is 11.1 Å². The van der Waals surface area contributed by atoms with Gasteiger partial charge in [-0.1, -0.05) is 47.5 Å². The fourth-order valence-corrected chi connectivity index (χ4v) is 4.21. The van der Waals surface area contributed by atoms with Gasteiger partial charge in [-0.15, -0.1) is 22.0 Å². The van der Waals surface area contributed by atoms with E-state index in [-0.39, 0.29) is 5.91 Å². The van der Waals surface area contributed by atoms with E-state index in [1.807, 2.05) is 48.5 Å². The van der Waals surface area contributed by atoms with Crippen LogP contribution in [0.1, 0.15) is 5.56 Å². The van der Waals surface area contributed by atoms with Crippen molar-refractivity contribution in [3.8, 4) is 22.9 Å². The Bertz CT molecular complexity index is 1180. The van der Waals surface area contributed by atoms with Crippen molar-refractivity contribution in [3.63, 3.8) is 0 Å². The van der Waals surface area contributed by atoms with Crippen molar-refractivity contribution in [2.45, 2.75) is 5.75 Å². The summed E-state index contributed by atoms with van der Waals surface area (Å²) in [5.74, 6) is 1.73. The van der Waals surface area contributed by atoms with E-state index in [1.54, 1.807) is 24.3 Å². The Morgan fingerprint density at radius 2 is 1.58 bits per heavy atom. The SMILES string of the molecule is O=C(CSCc1ccc(Cl)cc1Cl)Nc1ccc(-c2nnc(-c3ccccc3)o2)cc1. The summed E-state index contributed by atoms with van der Waals surface area (Å²) in [7, 11) is 0. The maximum atomic E-state index is 12.2. The van der Waals surface area contributed by atoms with E-state index in [2.05, 4.69) is 15.5 Å². The van der Waals surface area contributed by atoms with E-state index in [4.69, 9.17) is 27.6 Å². The number of halogens is 2. The molecule has 0 aliphatic carbocycles. The molecule has 0 aliphatic rings. The molecule has 0 radical (unpaired) electrons. The molecule has 1 amide bonds. The molecule has 3 aromatic carbocycles. The molecule has 1 aromatic heterocycles. The number of carbonyl (C=O) groups excluding carboxylic acids is 1. The van der Waals surface area contributed by atoms with Crippen LogP contribution in [0.15, 0.2) is 77.2 Å². The zero-order valence-electron chi connectivity index (χ0n) is 16.2. The third-order valence-corrected chi connectivity index (χ3v) is 5.94. The van der Waals surface area contributed by atoms with Gasteiger partial charge >= 0.3 is 0 Å². The van der Waals surface area contributed by atoms with Crippen LogP contribution in [0.25, 0.3) is 22.9 Å². The third kappa shape index (κ3) is 5.67. The summed E-state index contributed by atoms with van der Waals surface area (Å²) in [6.45, 7) is 0.